The number of benzene rings is 1. The van der Waals surface area contributed by atoms with Gasteiger partial charge in [0, 0.05) is 12.6 Å². The maximum atomic E-state index is 11.6. The van der Waals surface area contributed by atoms with Gasteiger partial charge in [0.15, 0.2) is 0 Å². The van der Waals surface area contributed by atoms with Gasteiger partial charge < -0.3 is 15.7 Å². The van der Waals surface area contributed by atoms with Crippen LogP contribution >= 0.6 is 0 Å². The van der Waals surface area contributed by atoms with Crippen LogP contribution in [-0.4, -0.2) is 36.0 Å². The smallest absolute Gasteiger partial charge is 0.337 e. The lowest BCUT2D eigenvalue weighted by Crippen LogP contribution is -2.28. The summed E-state index contributed by atoms with van der Waals surface area (Å²) >= 11 is 0. The number of hydrogen-bond donors (Lipinski definition) is 4. The zero-order chi connectivity index (χ0) is 15.8. The Labute approximate surface area is 121 Å². The summed E-state index contributed by atoms with van der Waals surface area (Å²) < 4.78 is 0. The van der Waals surface area contributed by atoms with Crippen molar-refractivity contribution < 1.29 is 19.5 Å². The van der Waals surface area contributed by atoms with Gasteiger partial charge in [-0.05, 0) is 18.2 Å². The second-order valence-electron chi connectivity index (χ2n) is 4.10. The summed E-state index contributed by atoms with van der Waals surface area (Å²) in [6.07, 6.45) is 5.03. The Bertz CT molecular complexity index is 605. The van der Waals surface area contributed by atoms with Gasteiger partial charge in [0.05, 0.1) is 24.3 Å². The highest BCUT2D eigenvalue weighted by Crippen LogP contribution is 2.20. The molecule has 1 rings (SSSR count). The standard InChI is InChI=1S/C14H15N3O4/c1-3-6-15-8-13(19)17-12-5-4-10(16-9(2)18)7-11(12)14(20)21/h1,4-5,7,15H,6,8H2,2H3,(H,16,18)(H,17,19)(H,20,21). The highest BCUT2D eigenvalue weighted by atomic mass is 16.4. The second kappa shape index (κ2) is 7.67. The van der Waals surface area contributed by atoms with Crippen LogP contribution in [0.15, 0.2) is 18.2 Å². The summed E-state index contributed by atoms with van der Waals surface area (Å²) in [6.45, 7) is 1.52. The Kier molecular flexibility index (Phi) is 5.92. The Morgan fingerprint density at radius 1 is 1.29 bits per heavy atom. The molecule has 110 valence electrons. The molecule has 21 heavy (non-hydrogen) atoms. The Balaban J connectivity index is 2.86. The van der Waals surface area contributed by atoms with Gasteiger partial charge in [-0.1, -0.05) is 5.92 Å². The van der Waals surface area contributed by atoms with E-state index in [-0.39, 0.29) is 30.2 Å². The Morgan fingerprint density at radius 2 is 2.00 bits per heavy atom. The van der Waals surface area contributed by atoms with Crippen molar-refractivity contribution in [3.63, 3.8) is 0 Å². The molecular weight excluding hydrogens is 274 g/mol. The number of carboxylic acid groups (broad SMARTS) is 1. The monoisotopic (exact) mass is 289 g/mol. The molecule has 0 atom stereocenters. The maximum Gasteiger partial charge on any atom is 0.337 e. The lowest BCUT2D eigenvalue weighted by Gasteiger charge is -2.10. The molecule has 4 N–H and O–H groups in total. The second-order valence-corrected chi connectivity index (χ2v) is 4.10. The number of hydrogen-bond acceptors (Lipinski definition) is 4. The average molecular weight is 289 g/mol. The largest absolute Gasteiger partial charge is 0.478 e. The zero-order valence-corrected chi connectivity index (χ0v) is 11.4. The molecule has 0 bridgehead atoms. The van der Waals surface area contributed by atoms with Crippen molar-refractivity contribution in [1.29, 1.82) is 0 Å². The number of terminal acetylenes is 1. The third-order valence-corrected chi connectivity index (χ3v) is 2.36. The number of nitrogens with one attached hydrogen (secondary N) is 3. The van der Waals surface area contributed by atoms with Crippen molar-refractivity contribution in [2.24, 2.45) is 0 Å². The van der Waals surface area contributed by atoms with E-state index in [1.807, 2.05) is 0 Å². The number of amides is 2. The van der Waals surface area contributed by atoms with Gasteiger partial charge in [-0.15, -0.1) is 6.42 Å². The molecular formula is C14H15N3O4. The molecule has 2 amide bonds. The molecule has 0 aliphatic carbocycles. The number of carbonyl (C=O) groups is 3. The quantitative estimate of drug-likeness (QED) is 0.451. The summed E-state index contributed by atoms with van der Waals surface area (Å²) in [4.78, 5) is 33.8. The number of carboxylic acids is 1. The fourth-order valence-electron chi connectivity index (χ4n) is 1.55. The predicted octanol–water partition coefficient (Wildman–Crippen LogP) is 0.504. The Morgan fingerprint density at radius 3 is 2.57 bits per heavy atom. The van der Waals surface area contributed by atoms with Gasteiger partial charge >= 0.3 is 5.97 Å². The van der Waals surface area contributed by atoms with Crippen molar-refractivity contribution in [1.82, 2.24) is 5.32 Å². The van der Waals surface area contributed by atoms with E-state index in [1.165, 1.54) is 25.1 Å². The third-order valence-electron chi connectivity index (χ3n) is 2.36. The van der Waals surface area contributed by atoms with Gasteiger partial charge in [0.25, 0.3) is 0 Å². The highest BCUT2D eigenvalue weighted by molar-refractivity contribution is 6.02. The molecule has 0 spiro atoms. The van der Waals surface area contributed by atoms with Crippen LogP contribution in [-0.2, 0) is 9.59 Å². The maximum absolute atomic E-state index is 11.6. The van der Waals surface area contributed by atoms with Crippen molar-refractivity contribution >= 4 is 29.2 Å². The van der Waals surface area contributed by atoms with Crippen LogP contribution in [0.4, 0.5) is 11.4 Å². The molecule has 7 nitrogen and oxygen atoms in total. The number of aromatic carboxylic acids is 1. The lowest BCUT2D eigenvalue weighted by molar-refractivity contribution is -0.115. The average Bonchev–Trinajstić information content (AvgIpc) is 2.40. The molecule has 0 aliphatic heterocycles. The highest BCUT2D eigenvalue weighted by Gasteiger charge is 2.13. The van der Waals surface area contributed by atoms with Gasteiger partial charge in [0.1, 0.15) is 0 Å². The first-order chi connectivity index (χ1) is 9.93. The minimum atomic E-state index is -1.21. The Hall–Kier alpha value is -2.85. The summed E-state index contributed by atoms with van der Waals surface area (Å²) in [5, 5.41) is 16.8. The lowest BCUT2D eigenvalue weighted by atomic mass is 10.1. The van der Waals surface area contributed by atoms with Crippen LogP contribution in [0.3, 0.4) is 0 Å². The van der Waals surface area contributed by atoms with E-state index in [0.29, 0.717) is 5.69 Å². The van der Waals surface area contributed by atoms with Gasteiger partial charge in [-0.3, -0.25) is 14.9 Å². The molecule has 0 unspecified atom stereocenters. The van der Waals surface area contributed by atoms with Crippen LogP contribution in [0.5, 0.6) is 0 Å². The van der Waals surface area contributed by atoms with E-state index in [0.717, 1.165) is 0 Å². The normalized spacial score (nSPS) is 9.52. The van der Waals surface area contributed by atoms with E-state index in [1.54, 1.807) is 0 Å². The molecule has 7 heteroatoms. The van der Waals surface area contributed by atoms with Crippen LogP contribution in [0.25, 0.3) is 0 Å². The summed E-state index contributed by atoms with van der Waals surface area (Å²) in [5.74, 6) is 0.368. The molecule has 0 radical (unpaired) electrons. The molecule has 1 aromatic rings. The molecule has 0 aliphatic rings. The van der Waals surface area contributed by atoms with Gasteiger partial charge in [-0.25, -0.2) is 4.79 Å². The predicted molar refractivity (Wildman–Crippen MR) is 78.0 cm³/mol. The van der Waals surface area contributed by atoms with E-state index >= 15 is 0 Å². The van der Waals surface area contributed by atoms with E-state index < -0.39 is 11.9 Å². The SMILES string of the molecule is C#CCNCC(=O)Nc1ccc(NC(C)=O)cc1C(=O)O. The van der Waals surface area contributed by atoms with Crippen LogP contribution < -0.4 is 16.0 Å². The summed E-state index contributed by atoms with van der Waals surface area (Å²) in [5.41, 5.74) is 0.360. The van der Waals surface area contributed by atoms with Crippen molar-refractivity contribution in [2.75, 3.05) is 23.7 Å². The molecule has 0 heterocycles. The molecule has 0 saturated heterocycles. The minimum Gasteiger partial charge on any atom is -0.478 e. The number of rotatable bonds is 6. The molecule has 1 aromatic carbocycles. The van der Waals surface area contributed by atoms with E-state index in [4.69, 9.17) is 11.5 Å². The molecule has 0 aromatic heterocycles. The van der Waals surface area contributed by atoms with E-state index in [9.17, 15) is 14.4 Å². The van der Waals surface area contributed by atoms with Crippen molar-refractivity contribution in [3.8, 4) is 12.3 Å². The third kappa shape index (κ3) is 5.34. The summed E-state index contributed by atoms with van der Waals surface area (Å²) in [7, 11) is 0. The van der Waals surface area contributed by atoms with Gasteiger partial charge in [0.2, 0.25) is 11.8 Å². The van der Waals surface area contributed by atoms with Crippen LogP contribution in [0.1, 0.15) is 17.3 Å². The summed E-state index contributed by atoms with van der Waals surface area (Å²) in [6, 6.07) is 4.18. The first-order valence-electron chi connectivity index (χ1n) is 6.03. The minimum absolute atomic E-state index is 0.0310. The topological polar surface area (TPSA) is 108 Å². The zero-order valence-electron chi connectivity index (χ0n) is 11.4. The van der Waals surface area contributed by atoms with Crippen LogP contribution in [0.2, 0.25) is 0 Å². The van der Waals surface area contributed by atoms with Crippen molar-refractivity contribution in [3.05, 3.63) is 23.8 Å². The fraction of sp³-hybridized carbons (Fsp3) is 0.214. The van der Waals surface area contributed by atoms with Gasteiger partial charge in [-0.2, -0.15) is 0 Å². The number of anilines is 2. The van der Waals surface area contributed by atoms with E-state index in [2.05, 4.69) is 21.9 Å². The first-order valence-corrected chi connectivity index (χ1v) is 6.03. The van der Waals surface area contributed by atoms with Crippen molar-refractivity contribution in [2.45, 2.75) is 6.92 Å². The first kappa shape index (κ1) is 16.2. The van der Waals surface area contributed by atoms with Crippen LogP contribution in [0, 0.1) is 12.3 Å². The molecule has 0 saturated carbocycles. The molecule has 0 fully saturated rings. The number of carbonyl (C=O) groups excluding carboxylic acids is 2. The fourth-order valence-corrected chi connectivity index (χ4v) is 1.55.